The molecule has 5 heteroatoms. The summed E-state index contributed by atoms with van der Waals surface area (Å²) in [6, 6.07) is 0. The van der Waals surface area contributed by atoms with Crippen LogP contribution in [0.2, 0.25) is 0 Å². The molecule has 0 aromatic heterocycles. The van der Waals surface area contributed by atoms with Crippen LogP contribution in [0.5, 0.6) is 0 Å². The first-order chi connectivity index (χ1) is 0. The Morgan fingerprint density at radius 1 is 1.00 bits per heavy atom. The van der Waals surface area contributed by atoms with Crippen LogP contribution in [0.4, 0.5) is 4.70 Å². The van der Waals surface area contributed by atoms with Crippen molar-refractivity contribution in [3.8, 4) is 0 Å². The van der Waals surface area contributed by atoms with Crippen molar-refractivity contribution in [3.63, 3.8) is 0 Å². The molecule has 0 fully saturated rings. The summed E-state index contributed by atoms with van der Waals surface area (Å²) in [5.41, 5.74) is 0. The van der Waals surface area contributed by atoms with Crippen LogP contribution in [0.15, 0.2) is 0 Å². The van der Waals surface area contributed by atoms with Gasteiger partial charge < -0.3 is 0 Å². The van der Waals surface area contributed by atoms with Crippen LogP contribution >= 0.6 is 0 Å². The Balaban J connectivity index is 0. The number of rotatable bonds is 0. The van der Waals surface area contributed by atoms with Gasteiger partial charge in [-0.3, -0.25) is 4.70 Å². The summed E-state index contributed by atoms with van der Waals surface area (Å²) in [5, 5.41) is 0. The molecule has 0 spiro atoms. The second kappa shape index (κ2) is 25.0. The summed E-state index contributed by atoms with van der Waals surface area (Å²) in [7, 11) is 0. The van der Waals surface area contributed by atoms with Crippen LogP contribution in [-0.2, 0) is 0 Å². The quantitative estimate of drug-likeness (QED) is 0.347. The molecular formula is H9AlCaFLiSr. The van der Waals surface area contributed by atoms with Gasteiger partial charge in [0.1, 0.15) is 0 Å². The third-order valence-corrected chi connectivity index (χ3v) is 0. The third-order valence-electron chi connectivity index (χ3n) is 0. The first-order valence-corrected chi connectivity index (χ1v) is 0. The minimum atomic E-state index is 0. The van der Waals surface area contributed by atoms with Crippen molar-refractivity contribution in [1.82, 2.24) is 0 Å². The fourth-order valence-corrected chi connectivity index (χ4v) is 0. The van der Waals surface area contributed by atoms with Crippen LogP contribution in [0, 0.1) is 0 Å². The van der Waals surface area contributed by atoms with Gasteiger partial charge in [-0.15, -0.1) is 0 Å². The Hall–Kier alpha value is 3.80. The van der Waals surface area contributed by atoms with Crippen LogP contribution < -0.4 is 0 Å². The molecule has 0 saturated heterocycles. The monoisotopic (exact) mass is 190 g/mol. The van der Waals surface area contributed by atoms with Crippen LogP contribution in [0.25, 0.3) is 0 Å². The van der Waals surface area contributed by atoms with Gasteiger partial charge in [-0.2, -0.15) is 0 Å². The van der Waals surface area contributed by atoms with Gasteiger partial charge in [-0.05, 0) is 0 Å². The average Bonchev–Trinajstić information content (AvgIpc) is 0. The Morgan fingerprint density at radius 3 is 1.00 bits per heavy atom. The van der Waals surface area contributed by atoms with Crippen LogP contribution in [0.3, 0.4) is 0 Å². The van der Waals surface area contributed by atoms with E-state index in [1.807, 2.05) is 0 Å². The topological polar surface area (TPSA) is 0 Å². The molecule has 0 unspecified atom stereocenters. The van der Waals surface area contributed by atoms with Gasteiger partial charge in [0.15, 0.2) is 17.4 Å². The van der Waals surface area contributed by atoms with Crippen molar-refractivity contribution < 1.29 is 4.70 Å². The van der Waals surface area contributed by atoms with E-state index in [4.69, 9.17) is 0 Å². The van der Waals surface area contributed by atoms with Gasteiger partial charge in [0.05, 0.1) is 0 Å². The molecule has 0 radical (unpaired) electrons. The number of hydrogen-bond acceptors (Lipinski definition) is 0. The minimum absolute atomic E-state index is 0. The third kappa shape index (κ3) is 18.2. The van der Waals surface area contributed by atoms with Crippen LogP contribution in [-0.4, -0.2) is 119 Å². The van der Waals surface area contributed by atoms with E-state index in [1.165, 1.54) is 0 Å². The van der Waals surface area contributed by atoms with E-state index in [0.717, 1.165) is 0 Å². The molecule has 0 bridgehead atoms. The molecule has 5 heavy (non-hydrogen) atoms. The van der Waals surface area contributed by atoms with E-state index >= 15 is 0 Å². The molecule has 0 heterocycles. The predicted octanol–water partition coefficient (Wildman–Crippen LogP) is -3.51. The first kappa shape index (κ1) is 37.1. The molecule has 24 valence electrons. The Bertz CT molecular complexity index is 11.6. The van der Waals surface area contributed by atoms with Crippen molar-refractivity contribution in [2.45, 2.75) is 0 Å². The molecule has 0 rings (SSSR count). The summed E-state index contributed by atoms with van der Waals surface area (Å²) in [4.78, 5) is 0. The first-order valence-electron chi connectivity index (χ1n) is 0. The summed E-state index contributed by atoms with van der Waals surface area (Å²) in [5.74, 6) is 0. The van der Waals surface area contributed by atoms with Crippen molar-refractivity contribution in [1.29, 1.82) is 0 Å². The van der Waals surface area contributed by atoms with Gasteiger partial charge in [0.25, 0.3) is 0 Å². The number of hydrogen-bond donors (Lipinski definition) is 0. The van der Waals surface area contributed by atoms with E-state index in [0.29, 0.717) is 0 Å². The van der Waals surface area contributed by atoms with Crippen LogP contribution in [0.1, 0.15) is 0 Å². The summed E-state index contributed by atoms with van der Waals surface area (Å²) >= 11 is 0. The molecule has 0 nitrogen and oxygen atoms in total. The van der Waals surface area contributed by atoms with Gasteiger partial charge in [0.2, 0.25) is 0 Å². The van der Waals surface area contributed by atoms with Gasteiger partial charge in [0, 0.05) is 0 Å². The Labute approximate surface area is 121 Å². The van der Waals surface area contributed by atoms with Gasteiger partial charge in [-0.25, -0.2) is 0 Å². The SMILES string of the molecule is F.[AlH3].[CaH2].[LiH].[SrH2]. The van der Waals surface area contributed by atoms with Gasteiger partial charge >= 0.3 is 102 Å². The molecule has 0 atom stereocenters. The molecule has 0 amide bonds. The van der Waals surface area contributed by atoms with E-state index in [2.05, 4.69) is 0 Å². The van der Waals surface area contributed by atoms with Crippen molar-refractivity contribution in [2.75, 3.05) is 0 Å². The summed E-state index contributed by atoms with van der Waals surface area (Å²) in [6.07, 6.45) is 0. The van der Waals surface area contributed by atoms with Crippen molar-refractivity contribution >= 4 is 119 Å². The Kier molecular flexibility index (Phi) is 185. The molecule has 0 N–H and O–H groups in total. The molecule has 0 aliphatic heterocycles. The van der Waals surface area contributed by atoms with E-state index < -0.39 is 0 Å². The molecular weight excluding hydrogens is 181 g/mol. The van der Waals surface area contributed by atoms with E-state index in [1.54, 1.807) is 0 Å². The molecule has 0 aromatic carbocycles. The molecule has 0 aromatic rings. The van der Waals surface area contributed by atoms with E-state index in [9.17, 15) is 0 Å². The zero-order valence-electron chi connectivity index (χ0n) is 0.408. The second-order valence-corrected chi connectivity index (χ2v) is 0. The standard InChI is InChI=1S/Al.Ca.FH.Li.Sr.8H/h;;1H;;;;;;;;;;. The molecule has 0 aliphatic carbocycles. The average molecular weight is 190 g/mol. The molecule has 0 saturated carbocycles. The maximum atomic E-state index is 0. The molecule has 0 aliphatic rings. The van der Waals surface area contributed by atoms with Crippen molar-refractivity contribution in [2.24, 2.45) is 0 Å². The summed E-state index contributed by atoms with van der Waals surface area (Å²) < 4.78 is 0. The fraction of sp³-hybridized carbons (Fsp3) is 0. The van der Waals surface area contributed by atoms with Crippen molar-refractivity contribution in [3.05, 3.63) is 0 Å². The van der Waals surface area contributed by atoms with Gasteiger partial charge in [-0.1, -0.05) is 0 Å². The Morgan fingerprint density at radius 2 is 1.00 bits per heavy atom. The zero-order chi connectivity index (χ0) is 0. The normalized spacial score (nSPS) is 0. The summed E-state index contributed by atoms with van der Waals surface area (Å²) in [6.45, 7) is 0. The number of halogens is 1. The fourth-order valence-electron chi connectivity index (χ4n) is 0. The van der Waals surface area contributed by atoms with E-state index in [-0.39, 0.29) is 124 Å². The zero-order valence-corrected chi connectivity index (χ0v) is 0.408. The second-order valence-electron chi connectivity index (χ2n) is 0. The maximum absolute atomic E-state index is 0. The predicted molar refractivity (Wildman–Crippen MR) is 36.7 cm³/mol.